The van der Waals surface area contributed by atoms with Gasteiger partial charge in [-0.2, -0.15) is 9.78 Å². The summed E-state index contributed by atoms with van der Waals surface area (Å²) in [6, 6.07) is 23.7. The van der Waals surface area contributed by atoms with Gasteiger partial charge in [0, 0.05) is 40.7 Å². The van der Waals surface area contributed by atoms with E-state index in [2.05, 4.69) is 10.6 Å². The number of fused-ring (bicyclic) bond motifs is 1. The average Bonchev–Trinajstić information content (AvgIpc) is 3.32. The second-order valence-electron chi connectivity index (χ2n) is 11.1. The summed E-state index contributed by atoms with van der Waals surface area (Å²) in [6.45, 7) is 4.39. The van der Waals surface area contributed by atoms with Crippen LogP contribution in [0.5, 0.6) is 5.75 Å². The first-order valence-corrected chi connectivity index (χ1v) is 14.6. The molecular weight excluding hydrogens is 542 g/mol. The Balaban J connectivity index is 1.24. The summed E-state index contributed by atoms with van der Waals surface area (Å²) in [5.41, 5.74) is 5.43. The SMILES string of the molecule is Cc1cc(C=Nn2c(C3CCCCC3)nc3ccccc3c2=O)c(C)n1-c1ccc(OCc2ccc([N+](=O)[O-])cc2)cc1. The van der Waals surface area contributed by atoms with Crippen molar-refractivity contribution in [3.63, 3.8) is 0 Å². The van der Waals surface area contributed by atoms with Gasteiger partial charge >= 0.3 is 0 Å². The van der Waals surface area contributed by atoms with Crippen molar-refractivity contribution in [2.24, 2.45) is 5.10 Å². The number of para-hydroxylation sites is 1. The molecule has 0 amide bonds. The summed E-state index contributed by atoms with van der Waals surface area (Å²) in [4.78, 5) is 29.0. The van der Waals surface area contributed by atoms with Crippen LogP contribution in [0.2, 0.25) is 0 Å². The lowest BCUT2D eigenvalue weighted by Crippen LogP contribution is -2.25. The largest absolute Gasteiger partial charge is 0.489 e. The molecule has 43 heavy (non-hydrogen) atoms. The Kier molecular flexibility index (Phi) is 7.87. The van der Waals surface area contributed by atoms with Crippen LogP contribution < -0.4 is 10.3 Å². The molecule has 1 aliphatic carbocycles. The molecule has 0 N–H and O–H groups in total. The number of nitro groups is 1. The Labute approximate surface area is 249 Å². The van der Waals surface area contributed by atoms with Crippen molar-refractivity contribution in [2.75, 3.05) is 0 Å². The maximum absolute atomic E-state index is 13.6. The fourth-order valence-corrected chi connectivity index (χ4v) is 5.89. The van der Waals surface area contributed by atoms with Gasteiger partial charge in [-0.05, 0) is 86.8 Å². The van der Waals surface area contributed by atoms with Gasteiger partial charge in [0.1, 0.15) is 18.2 Å². The van der Waals surface area contributed by atoms with Crippen molar-refractivity contribution in [3.8, 4) is 11.4 Å². The minimum atomic E-state index is -0.416. The van der Waals surface area contributed by atoms with E-state index in [4.69, 9.17) is 14.8 Å². The number of hydrogen-bond donors (Lipinski definition) is 0. The predicted octanol–water partition coefficient (Wildman–Crippen LogP) is 7.22. The third-order valence-electron chi connectivity index (χ3n) is 8.18. The van der Waals surface area contributed by atoms with Gasteiger partial charge in [0.05, 0.1) is 22.0 Å². The van der Waals surface area contributed by atoms with Crippen LogP contribution in [-0.4, -0.2) is 25.4 Å². The number of aromatic nitrogens is 3. The molecule has 218 valence electrons. The second kappa shape index (κ2) is 12.1. The average molecular weight is 576 g/mol. The predicted molar refractivity (Wildman–Crippen MR) is 167 cm³/mol. The van der Waals surface area contributed by atoms with Gasteiger partial charge in [-0.3, -0.25) is 14.9 Å². The van der Waals surface area contributed by atoms with Crippen molar-refractivity contribution >= 4 is 22.8 Å². The molecule has 9 nitrogen and oxygen atoms in total. The molecular formula is C34H33N5O4. The molecule has 5 aromatic rings. The maximum Gasteiger partial charge on any atom is 0.282 e. The van der Waals surface area contributed by atoms with Crippen LogP contribution in [0.1, 0.15) is 66.4 Å². The monoisotopic (exact) mass is 575 g/mol. The molecule has 2 aromatic heterocycles. The zero-order valence-electron chi connectivity index (χ0n) is 24.3. The van der Waals surface area contributed by atoms with E-state index in [1.807, 2.05) is 62.4 Å². The van der Waals surface area contributed by atoms with Crippen LogP contribution in [0.3, 0.4) is 0 Å². The molecule has 0 radical (unpaired) electrons. The highest BCUT2D eigenvalue weighted by Crippen LogP contribution is 2.32. The Morgan fingerprint density at radius 1 is 1.00 bits per heavy atom. The summed E-state index contributed by atoms with van der Waals surface area (Å²) in [7, 11) is 0. The van der Waals surface area contributed by atoms with Gasteiger partial charge in [0.2, 0.25) is 0 Å². The second-order valence-corrected chi connectivity index (χ2v) is 11.1. The molecule has 2 heterocycles. The van der Waals surface area contributed by atoms with E-state index in [0.717, 1.165) is 65.2 Å². The summed E-state index contributed by atoms with van der Waals surface area (Å²) >= 11 is 0. The van der Waals surface area contributed by atoms with Crippen LogP contribution >= 0.6 is 0 Å². The van der Waals surface area contributed by atoms with Crippen molar-refractivity contribution in [2.45, 2.75) is 58.5 Å². The molecule has 0 atom stereocenters. The number of non-ortho nitro benzene ring substituents is 1. The Morgan fingerprint density at radius 2 is 1.72 bits per heavy atom. The highest BCUT2D eigenvalue weighted by atomic mass is 16.6. The first-order chi connectivity index (χ1) is 20.9. The number of aryl methyl sites for hydroxylation is 1. The molecule has 0 aliphatic heterocycles. The number of hydrogen-bond acceptors (Lipinski definition) is 6. The lowest BCUT2D eigenvalue weighted by Gasteiger charge is -2.22. The molecule has 1 saturated carbocycles. The van der Waals surface area contributed by atoms with Crippen molar-refractivity contribution in [1.29, 1.82) is 0 Å². The Bertz CT molecular complexity index is 1860. The van der Waals surface area contributed by atoms with Crippen molar-refractivity contribution in [1.82, 2.24) is 14.2 Å². The van der Waals surface area contributed by atoms with E-state index < -0.39 is 4.92 Å². The Hall–Kier alpha value is -5.05. The minimum Gasteiger partial charge on any atom is -0.489 e. The maximum atomic E-state index is 13.6. The highest BCUT2D eigenvalue weighted by molar-refractivity contribution is 5.82. The van der Waals surface area contributed by atoms with Crippen LogP contribution in [0.4, 0.5) is 5.69 Å². The number of nitro benzene ring substituents is 1. The Morgan fingerprint density at radius 3 is 2.44 bits per heavy atom. The standard InChI is InChI=1S/C34H33N5O4/c1-23-20-27(21-35-38-33(26-8-4-3-5-9-26)36-32-11-7-6-10-31(32)34(38)40)24(2)37(23)28-16-18-30(19-17-28)43-22-25-12-14-29(15-13-25)39(41)42/h6-7,10-21,26H,3-5,8-9,22H2,1-2H3. The number of benzene rings is 3. The van der Waals surface area contributed by atoms with Gasteiger partial charge in [-0.1, -0.05) is 31.4 Å². The zero-order valence-corrected chi connectivity index (χ0v) is 24.3. The molecule has 9 heteroatoms. The smallest absolute Gasteiger partial charge is 0.282 e. The quantitative estimate of drug-likeness (QED) is 0.110. The fourth-order valence-electron chi connectivity index (χ4n) is 5.89. The molecule has 6 rings (SSSR count). The van der Waals surface area contributed by atoms with Crippen molar-refractivity contribution < 1.29 is 9.66 Å². The third kappa shape index (κ3) is 5.83. The van der Waals surface area contributed by atoms with E-state index in [0.29, 0.717) is 17.7 Å². The lowest BCUT2D eigenvalue weighted by molar-refractivity contribution is -0.384. The van der Waals surface area contributed by atoms with Gasteiger partial charge in [-0.25, -0.2) is 4.98 Å². The van der Waals surface area contributed by atoms with E-state index in [1.54, 1.807) is 18.3 Å². The molecule has 0 saturated heterocycles. The summed E-state index contributed by atoms with van der Waals surface area (Å²) in [5, 5.41) is 16.2. The topological polar surface area (TPSA) is 105 Å². The van der Waals surface area contributed by atoms with Crippen LogP contribution in [0.15, 0.2) is 88.8 Å². The van der Waals surface area contributed by atoms with E-state index >= 15 is 0 Å². The molecule has 0 unspecified atom stereocenters. The van der Waals surface area contributed by atoms with Crippen LogP contribution in [-0.2, 0) is 6.61 Å². The number of nitrogens with zero attached hydrogens (tertiary/aromatic N) is 5. The summed E-state index contributed by atoms with van der Waals surface area (Å²) in [6.07, 6.45) is 7.30. The zero-order chi connectivity index (χ0) is 29.9. The number of rotatable bonds is 8. The van der Waals surface area contributed by atoms with Crippen molar-refractivity contribution in [3.05, 3.63) is 128 Å². The lowest BCUT2D eigenvalue weighted by atomic mass is 9.88. The highest BCUT2D eigenvalue weighted by Gasteiger charge is 2.22. The minimum absolute atomic E-state index is 0.0561. The molecule has 0 spiro atoms. The fraction of sp³-hybridized carbons (Fsp3) is 0.265. The molecule has 1 fully saturated rings. The van der Waals surface area contributed by atoms with Gasteiger partial charge in [0.25, 0.3) is 11.2 Å². The van der Waals surface area contributed by atoms with Gasteiger partial charge < -0.3 is 9.30 Å². The van der Waals surface area contributed by atoms with E-state index in [9.17, 15) is 14.9 Å². The van der Waals surface area contributed by atoms with Crippen LogP contribution in [0.25, 0.3) is 16.6 Å². The first kappa shape index (κ1) is 28.1. The molecule has 3 aromatic carbocycles. The summed E-state index contributed by atoms with van der Waals surface area (Å²) < 4.78 is 9.56. The van der Waals surface area contributed by atoms with E-state index in [-0.39, 0.29) is 17.2 Å². The summed E-state index contributed by atoms with van der Waals surface area (Å²) in [5.74, 6) is 1.67. The third-order valence-corrected chi connectivity index (χ3v) is 8.18. The first-order valence-electron chi connectivity index (χ1n) is 14.6. The number of ether oxygens (including phenoxy) is 1. The van der Waals surface area contributed by atoms with Gasteiger partial charge in [-0.15, -0.1) is 0 Å². The van der Waals surface area contributed by atoms with Gasteiger partial charge in [0.15, 0.2) is 0 Å². The molecule has 1 aliphatic rings. The van der Waals surface area contributed by atoms with E-state index in [1.165, 1.54) is 23.2 Å². The normalized spacial score (nSPS) is 14.0. The molecule has 0 bridgehead atoms. The van der Waals surface area contributed by atoms with Crippen LogP contribution in [0, 0.1) is 24.0 Å².